The van der Waals surface area contributed by atoms with Gasteiger partial charge in [0.05, 0.1) is 18.5 Å². The van der Waals surface area contributed by atoms with E-state index in [0.717, 1.165) is 28.7 Å². The van der Waals surface area contributed by atoms with Gasteiger partial charge in [-0.25, -0.2) is 9.18 Å². The summed E-state index contributed by atoms with van der Waals surface area (Å²) in [5.41, 5.74) is 2.09. The molecule has 0 fully saturated rings. The SMILES string of the molecule is CC(C)CCCOc1ccc2c(c1)N(C)C(=O)[C@@H](NC(=O)n1cc(Cc3cccc(F)c3)cn1)CO2. The number of anilines is 1. The van der Waals surface area contributed by atoms with Gasteiger partial charge in [-0.1, -0.05) is 26.0 Å². The third kappa shape index (κ3) is 6.21. The van der Waals surface area contributed by atoms with Gasteiger partial charge in [-0.3, -0.25) is 4.79 Å². The van der Waals surface area contributed by atoms with Gasteiger partial charge in [0.2, 0.25) is 0 Å². The largest absolute Gasteiger partial charge is 0.494 e. The summed E-state index contributed by atoms with van der Waals surface area (Å²) in [7, 11) is 1.64. The predicted octanol–water partition coefficient (Wildman–Crippen LogP) is 4.41. The van der Waals surface area contributed by atoms with Crippen LogP contribution in [-0.4, -0.2) is 48.0 Å². The lowest BCUT2D eigenvalue weighted by molar-refractivity contribution is -0.120. The van der Waals surface area contributed by atoms with Crippen molar-refractivity contribution in [3.63, 3.8) is 0 Å². The van der Waals surface area contributed by atoms with Gasteiger partial charge in [0.15, 0.2) is 0 Å². The smallest absolute Gasteiger partial charge is 0.342 e. The molecule has 4 rings (SSSR count). The highest BCUT2D eigenvalue weighted by Gasteiger charge is 2.31. The molecule has 1 aliphatic heterocycles. The van der Waals surface area contributed by atoms with Crippen LogP contribution in [-0.2, 0) is 11.2 Å². The summed E-state index contributed by atoms with van der Waals surface area (Å²) in [5, 5.41) is 6.79. The lowest BCUT2D eigenvalue weighted by atomic mass is 10.1. The molecular weight excluding hydrogens is 463 g/mol. The molecule has 0 bridgehead atoms. The maximum absolute atomic E-state index is 13.4. The number of hydrogen-bond acceptors (Lipinski definition) is 5. The zero-order chi connectivity index (χ0) is 25.7. The number of fused-ring (bicyclic) bond motifs is 1. The van der Waals surface area contributed by atoms with E-state index < -0.39 is 12.1 Å². The Balaban J connectivity index is 1.38. The zero-order valence-electron chi connectivity index (χ0n) is 20.7. The molecule has 36 heavy (non-hydrogen) atoms. The summed E-state index contributed by atoms with van der Waals surface area (Å²) in [4.78, 5) is 27.4. The molecule has 2 heterocycles. The van der Waals surface area contributed by atoms with Crippen LogP contribution in [0.25, 0.3) is 0 Å². The Morgan fingerprint density at radius 2 is 2.08 bits per heavy atom. The van der Waals surface area contributed by atoms with Crippen LogP contribution in [0.15, 0.2) is 54.9 Å². The molecule has 2 amide bonds. The molecule has 0 spiro atoms. The maximum Gasteiger partial charge on any atom is 0.342 e. The number of benzene rings is 2. The minimum atomic E-state index is -0.902. The number of amides is 2. The molecule has 8 nitrogen and oxygen atoms in total. The second-order valence-corrected chi connectivity index (χ2v) is 9.32. The molecule has 3 aromatic rings. The average molecular weight is 495 g/mol. The first-order valence-corrected chi connectivity index (χ1v) is 12.1. The number of rotatable bonds is 8. The quantitative estimate of drug-likeness (QED) is 0.469. The van der Waals surface area contributed by atoms with Crippen LogP contribution in [0, 0.1) is 11.7 Å². The summed E-state index contributed by atoms with van der Waals surface area (Å²) in [6.07, 6.45) is 5.56. The molecular formula is C27H31FN4O4. The van der Waals surface area contributed by atoms with E-state index in [-0.39, 0.29) is 18.3 Å². The first-order valence-electron chi connectivity index (χ1n) is 12.1. The van der Waals surface area contributed by atoms with Crippen molar-refractivity contribution in [2.24, 2.45) is 5.92 Å². The van der Waals surface area contributed by atoms with Crippen LogP contribution in [0.2, 0.25) is 0 Å². The van der Waals surface area contributed by atoms with Crippen molar-refractivity contribution in [3.8, 4) is 11.5 Å². The summed E-state index contributed by atoms with van der Waals surface area (Å²) < 4.78 is 26.3. The molecule has 1 N–H and O–H groups in total. The highest BCUT2D eigenvalue weighted by molar-refractivity contribution is 6.00. The van der Waals surface area contributed by atoms with Gasteiger partial charge >= 0.3 is 6.03 Å². The molecule has 0 saturated heterocycles. The van der Waals surface area contributed by atoms with E-state index in [1.54, 1.807) is 43.7 Å². The van der Waals surface area contributed by atoms with Gasteiger partial charge in [0, 0.05) is 25.7 Å². The molecule has 2 aromatic carbocycles. The summed E-state index contributed by atoms with van der Waals surface area (Å²) in [6, 6.07) is 10.2. The van der Waals surface area contributed by atoms with E-state index in [0.29, 0.717) is 36.1 Å². The fourth-order valence-corrected chi connectivity index (χ4v) is 4.01. The van der Waals surface area contributed by atoms with Crippen LogP contribution in [0.5, 0.6) is 11.5 Å². The Hall–Kier alpha value is -3.88. The summed E-state index contributed by atoms with van der Waals surface area (Å²) in [5.74, 6) is 1.18. The number of hydrogen-bond donors (Lipinski definition) is 1. The van der Waals surface area contributed by atoms with Crippen molar-refractivity contribution >= 4 is 17.6 Å². The van der Waals surface area contributed by atoms with E-state index in [2.05, 4.69) is 24.3 Å². The molecule has 1 atom stereocenters. The number of likely N-dealkylation sites (N-methyl/N-ethyl adjacent to an activating group) is 1. The monoisotopic (exact) mass is 494 g/mol. The van der Waals surface area contributed by atoms with Gasteiger partial charge in [0.25, 0.3) is 5.91 Å². The lowest BCUT2D eigenvalue weighted by Gasteiger charge is -2.20. The van der Waals surface area contributed by atoms with Gasteiger partial charge in [-0.15, -0.1) is 0 Å². The summed E-state index contributed by atoms with van der Waals surface area (Å²) >= 11 is 0. The lowest BCUT2D eigenvalue weighted by Crippen LogP contribution is -2.50. The fraction of sp³-hybridized carbons (Fsp3) is 0.370. The van der Waals surface area contributed by atoms with Gasteiger partial charge in [-0.05, 0) is 54.2 Å². The highest BCUT2D eigenvalue weighted by atomic mass is 19.1. The number of nitrogens with one attached hydrogen (secondary N) is 1. The van der Waals surface area contributed by atoms with Crippen molar-refractivity contribution in [2.45, 2.75) is 39.2 Å². The molecule has 0 unspecified atom stereocenters. The van der Waals surface area contributed by atoms with Crippen molar-refractivity contribution < 1.29 is 23.5 Å². The van der Waals surface area contributed by atoms with Crippen LogP contribution in [0.3, 0.4) is 0 Å². The predicted molar refractivity (Wildman–Crippen MR) is 134 cm³/mol. The topological polar surface area (TPSA) is 85.7 Å². The minimum Gasteiger partial charge on any atom is -0.494 e. The third-order valence-electron chi connectivity index (χ3n) is 5.96. The Kier molecular flexibility index (Phi) is 7.87. The Bertz CT molecular complexity index is 1230. The Morgan fingerprint density at radius 1 is 1.25 bits per heavy atom. The van der Waals surface area contributed by atoms with Crippen molar-refractivity contribution in [1.82, 2.24) is 15.1 Å². The van der Waals surface area contributed by atoms with E-state index in [4.69, 9.17) is 9.47 Å². The van der Waals surface area contributed by atoms with Crippen molar-refractivity contribution in [2.75, 3.05) is 25.2 Å². The molecule has 0 aliphatic carbocycles. The number of aromatic nitrogens is 2. The molecule has 1 aliphatic rings. The fourth-order valence-electron chi connectivity index (χ4n) is 4.01. The van der Waals surface area contributed by atoms with Crippen LogP contribution in [0.4, 0.5) is 14.9 Å². The normalized spacial score (nSPS) is 15.3. The molecule has 190 valence electrons. The van der Waals surface area contributed by atoms with E-state index in [1.807, 2.05) is 6.07 Å². The average Bonchev–Trinajstić information content (AvgIpc) is 3.28. The standard InChI is InChI=1S/C27H31FN4O4/c1-18(2)6-5-11-35-22-9-10-25-24(14-22)31(3)26(33)23(17-36-25)30-27(34)32-16-20(15-29-32)12-19-7-4-8-21(28)13-19/h4,7-10,13-16,18,23H,5-6,11-12,17H2,1-3H3,(H,30,34)/t23-/m0/s1. The zero-order valence-corrected chi connectivity index (χ0v) is 20.7. The first kappa shape index (κ1) is 25.2. The van der Waals surface area contributed by atoms with Crippen LogP contribution in [0.1, 0.15) is 37.8 Å². The second-order valence-electron chi connectivity index (χ2n) is 9.32. The van der Waals surface area contributed by atoms with E-state index in [9.17, 15) is 14.0 Å². The number of carbonyl (C=O) groups excluding carboxylic acids is 2. The van der Waals surface area contributed by atoms with Crippen LogP contribution >= 0.6 is 0 Å². The third-order valence-corrected chi connectivity index (χ3v) is 5.96. The second kappa shape index (κ2) is 11.2. The Morgan fingerprint density at radius 3 is 2.86 bits per heavy atom. The maximum atomic E-state index is 13.4. The molecule has 0 radical (unpaired) electrons. The highest BCUT2D eigenvalue weighted by Crippen LogP contribution is 2.34. The van der Waals surface area contributed by atoms with E-state index in [1.165, 1.54) is 17.0 Å². The van der Waals surface area contributed by atoms with Gasteiger partial charge in [0.1, 0.15) is 30.0 Å². The molecule has 1 aromatic heterocycles. The summed E-state index contributed by atoms with van der Waals surface area (Å²) in [6.45, 7) is 4.93. The van der Waals surface area contributed by atoms with E-state index >= 15 is 0 Å². The van der Waals surface area contributed by atoms with Crippen molar-refractivity contribution in [1.29, 1.82) is 0 Å². The van der Waals surface area contributed by atoms with Gasteiger partial charge < -0.3 is 19.7 Å². The van der Waals surface area contributed by atoms with Crippen molar-refractivity contribution in [3.05, 3.63) is 71.8 Å². The van der Waals surface area contributed by atoms with Gasteiger partial charge in [-0.2, -0.15) is 9.78 Å². The number of ether oxygens (including phenoxy) is 2. The number of carbonyl (C=O) groups is 2. The molecule has 9 heteroatoms. The number of halogens is 1. The number of nitrogens with zero attached hydrogens (tertiary/aromatic N) is 3. The first-order chi connectivity index (χ1) is 17.3. The Labute approximate surface area is 210 Å². The molecule has 0 saturated carbocycles. The minimum absolute atomic E-state index is 0.0199. The van der Waals surface area contributed by atoms with Crippen LogP contribution < -0.4 is 19.7 Å².